The smallest absolute Gasteiger partial charge is 0.269 e. The number of anilines is 2. The first-order valence-corrected chi connectivity index (χ1v) is 10.9. The average molecular weight is 426 g/mol. The number of nitriles is 1. The van der Waals surface area contributed by atoms with E-state index in [1.165, 1.54) is 17.0 Å². The van der Waals surface area contributed by atoms with E-state index in [1.54, 1.807) is 23.5 Å². The molecule has 1 aliphatic heterocycles. The number of carbonyl (C=O) groups excluding carboxylic acids is 1. The standard InChI is InChI=1S/C21H23N5O3S/c22-14-18-17-2-1-3-19(17)30-21(18)23-20(27)8-9-24-10-12-25(13-11-24)15-4-6-16(7-5-15)26(28)29/h4-7H,1-3,8-13H2,(H,23,27). The normalized spacial score (nSPS) is 16.2. The third-order valence-corrected chi connectivity index (χ3v) is 6.95. The van der Waals surface area contributed by atoms with Crippen LogP contribution in [0, 0.1) is 21.4 Å². The van der Waals surface area contributed by atoms with E-state index in [-0.39, 0.29) is 11.6 Å². The van der Waals surface area contributed by atoms with Crippen molar-refractivity contribution in [1.82, 2.24) is 4.90 Å². The van der Waals surface area contributed by atoms with Crippen molar-refractivity contribution in [3.05, 3.63) is 50.4 Å². The maximum Gasteiger partial charge on any atom is 0.269 e. The van der Waals surface area contributed by atoms with Gasteiger partial charge in [-0.2, -0.15) is 5.26 Å². The van der Waals surface area contributed by atoms with Gasteiger partial charge in [0.15, 0.2) is 0 Å². The topological polar surface area (TPSA) is 103 Å². The van der Waals surface area contributed by atoms with Gasteiger partial charge in [0.05, 0.1) is 10.5 Å². The molecular formula is C21H23N5O3S. The Labute approximate surface area is 178 Å². The van der Waals surface area contributed by atoms with Crippen LogP contribution in [0.5, 0.6) is 0 Å². The third kappa shape index (κ3) is 4.30. The van der Waals surface area contributed by atoms with Gasteiger partial charge < -0.3 is 10.2 Å². The van der Waals surface area contributed by atoms with E-state index in [1.807, 2.05) is 0 Å². The molecule has 1 aliphatic carbocycles. The number of nitro groups is 1. The number of aryl methyl sites for hydroxylation is 1. The maximum absolute atomic E-state index is 12.4. The minimum absolute atomic E-state index is 0.0516. The lowest BCUT2D eigenvalue weighted by molar-refractivity contribution is -0.384. The Balaban J connectivity index is 1.24. The lowest BCUT2D eigenvalue weighted by Crippen LogP contribution is -2.47. The first-order chi connectivity index (χ1) is 14.5. The maximum atomic E-state index is 12.4. The van der Waals surface area contributed by atoms with Gasteiger partial charge >= 0.3 is 0 Å². The number of rotatable bonds is 6. The summed E-state index contributed by atoms with van der Waals surface area (Å²) in [5, 5.41) is 23.9. The molecule has 0 spiro atoms. The highest BCUT2D eigenvalue weighted by Crippen LogP contribution is 2.38. The van der Waals surface area contributed by atoms with Crippen LogP contribution in [0.1, 0.15) is 28.8 Å². The third-order valence-electron chi connectivity index (χ3n) is 5.74. The summed E-state index contributed by atoms with van der Waals surface area (Å²) < 4.78 is 0. The lowest BCUT2D eigenvalue weighted by Gasteiger charge is -2.36. The molecule has 4 rings (SSSR count). The van der Waals surface area contributed by atoms with Gasteiger partial charge in [-0.3, -0.25) is 19.8 Å². The second-order valence-electron chi connectivity index (χ2n) is 7.57. The van der Waals surface area contributed by atoms with E-state index in [2.05, 4.69) is 21.2 Å². The zero-order valence-corrected chi connectivity index (χ0v) is 17.4. The molecule has 1 aromatic heterocycles. The number of nitrogens with one attached hydrogen (secondary N) is 1. The molecule has 1 fully saturated rings. The molecule has 1 aromatic carbocycles. The van der Waals surface area contributed by atoms with Crippen LogP contribution in [0.3, 0.4) is 0 Å². The predicted molar refractivity (Wildman–Crippen MR) is 116 cm³/mol. The van der Waals surface area contributed by atoms with Crippen LogP contribution < -0.4 is 10.2 Å². The van der Waals surface area contributed by atoms with E-state index in [9.17, 15) is 20.2 Å². The van der Waals surface area contributed by atoms with E-state index >= 15 is 0 Å². The zero-order valence-electron chi connectivity index (χ0n) is 16.6. The molecule has 0 unspecified atom stereocenters. The van der Waals surface area contributed by atoms with Gasteiger partial charge in [0.2, 0.25) is 5.91 Å². The number of fused-ring (bicyclic) bond motifs is 1. The van der Waals surface area contributed by atoms with E-state index in [0.717, 1.165) is 56.7 Å². The molecule has 30 heavy (non-hydrogen) atoms. The lowest BCUT2D eigenvalue weighted by atomic mass is 10.1. The van der Waals surface area contributed by atoms with Gasteiger partial charge in [0.1, 0.15) is 11.1 Å². The van der Waals surface area contributed by atoms with Gasteiger partial charge in [-0.1, -0.05) is 0 Å². The number of non-ortho nitro benzene ring substituents is 1. The minimum atomic E-state index is -0.393. The molecule has 9 heteroatoms. The van der Waals surface area contributed by atoms with Crippen LogP contribution in [0.4, 0.5) is 16.4 Å². The molecule has 2 aromatic rings. The van der Waals surface area contributed by atoms with Gasteiger partial charge in [-0.25, -0.2) is 0 Å². The van der Waals surface area contributed by atoms with Crippen LogP contribution in [-0.4, -0.2) is 48.5 Å². The van der Waals surface area contributed by atoms with Crippen molar-refractivity contribution in [2.45, 2.75) is 25.7 Å². The summed E-state index contributed by atoms with van der Waals surface area (Å²) in [4.78, 5) is 28.5. The van der Waals surface area contributed by atoms with Crippen molar-refractivity contribution in [3.63, 3.8) is 0 Å². The Hall–Kier alpha value is -2.96. The Morgan fingerprint density at radius 1 is 1.20 bits per heavy atom. The Bertz CT molecular complexity index is 987. The summed E-state index contributed by atoms with van der Waals surface area (Å²) in [7, 11) is 0. The van der Waals surface area contributed by atoms with Crippen LogP contribution in [-0.2, 0) is 17.6 Å². The molecule has 2 aliphatic rings. The molecule has 0 atom stereocenters. The Morgan fingerprint density at radius 3 is 2.60 bits per heavy atom. The zero-order chi connectivity index (χ0) is 21.1. The summed E-state index contributed by atoms with van der Waals surface area (Å²) in [6.45, 7) is 3.97. The first-order valence-electron chi connectivity index (χ1n) is 10.1. The van der Waals surface area contributed by atoms with Crippen molar-refractivity contribution in [3.8, 4) is 6.07 Å². The number of hydrogen-bond donors (Lipinski definition) is 1. The Kier molecular flexibility index (Phi) is 5.97. The first kappa shape index (κ1) is 20.3. The number of nitro benzene ring substituents is 1. The van der Waals surface area contributed by atoms with Gasteiger partial charge in [-0.15, -0.1) is 11.3 Å². The van der Waals surface area contributed by atoms with Gasteiger partial charge in [-0.05, 0) is 37.0 Å². The Morgan fingerprint density at radius 2 is 1.93 bits per heavy atom. The van der Waals surface area contributed by atoms with E-state index in [4.69, 9.17) is 0 Å². The van der Waals surface area contributed by atoms with Crippen LogP contribution in [0.15, 0.2) is 24.3 Å². The molecule has 8 nitrogen and oxygen atoms in total. The van der Waals surface area contributed by atoms with Gasteiger partial charge in [0.25, 0.3) is 5.69 Å². The fourth-order valence-corrected chi connectivity index (χ4v) is 5.33. The molecule has 1 saturated heterocycles. The monoisotopic (exact) mass is 425 g/mol. The number of piperazine rings is 1. The average Bonchev–Trinajstić information content (AvgIpc) is 3.33. The highest BCUT2D eigenvalue weighted by molar-refractivity contribution is 7.16. The summed E-state index contributed by atoms with van der Waals surface area (Å²) in [6.07, 6.45) is 3.42. The molecule has 2 heterocycles. The van der Waals surface area contributed by atoms with Crippen LogP contribution in [0.25, 0.3) is 0 Å². The van der Waals surface area contributed by atoms with E-state index < -0.39 is 4.92 Å². The number of benzene rings is 1. The van der Waals surface area contributed by atoms with Crippen LogP contribution in [0.2, 0.25) is 0 Å². The quantitative estimate of drug-likeness (QED) is 0.563. The molecule has 0 radical (unpaired) electrons. The molecular weight excluding hydrogens is 402 g/mol. The molecule has 1 amide bonds. The van der Waals surface area contributed by atoms with Crippen molar-refractivity contribution in [2.75, 3.05) is 42.9 Å². The minimum Gasteiger partial charge on any atom is -0.369 e. The largest absolute Gasteiger partial charge is 0.369 e. The highest BCUT2D eigenvalue weighted by atomic mass is 32.1. The number of amides is 1. The van der Waals surface area contributed by atoms with Crippen LogP contribution >= 0.6 is 11.3 Å². The fourth-order valence-electron chi connectivity index (χ4n) is 4.07. The van der Waals surface area contributed by atoms with Crippen molar-refractivity contribution >= 4 is 33.6 Å². The molecule has 0 saturated carbocycles. The van der Waals surface area contributed by atoms with E-state index in [0.29, 0.717) is 23.5 Å². The molecule has 0 bridgehead atoms. The molecule has 1 N–H and O–H groups in total. The summed E-state index contributed by atoms with van der Waals surface area (Å²) in [5.41, 5.74) is 2.85. The van der Waals surface area contributed by atoms with Gasteiger partial charge in [0, 0.05) is 61.8 Å². The van der Waals surface area contributed by atoms with Crippen molar-refractivity contribution in [2.24, 2.45) is 0 Å². The second kappa shape index (κ2) is 8.81. The van der Waals surface area contributed by atoms with Crippen molar-refractivity contribution < 1.29 is 9.72 Å². The number of nitrogens with zero attached hydrogens (tertiary/aromatic N) is 4. The highest BCUT2D eigenvalue weighted by Gasteiger charge is 2.23. The SMILES string of the molecule is N#Cc1c(NC(=O)CCN2CCN(c3ccc([N+](=O)[O-])cc3)CC2)sc2c1CCC2. The summed E-state index contributed by atoms with van der Waals surface area (Å²) in [5.74, 6) is -0.0516. The molecule has 156 valence electrons. The number of hydrogen-bond acceptors (Lipinski definition) is 7. The predicted octanol–water partition coefficient (Wildman–Crippen LogP) is 3.17. The second-order valence-corrected chi connectivity index (χ2v) is 8.68. The summed E-state index contributed by atoms with van der Waals surface area (Å²) >= 11 is 1.55. The fraction of sp³-hybridized carbons (Fsp3) is 0.429. The van der Waals surface area contributed by atoms with Crippen molar-refractivity contribution in [1.29, 1.82) is 5.26 Å². The number of carbonyl (C=O) groups is 1. The number of thiophene rings is 1. The summed E-state index contributed by atoms with van der Waals surface area (Å²) in [6, 6.07) is 8.89.